The number of thiophene rings is 1. The predicted molar refractivity (Wildman–Crippen MR) is 77.3 cm³/mol. The average molecular weight is 270 g/mol. The maximum absolute atomic E-state index is 13.2. The zero-order valence-corrected chi connectivity index (χ0v) is 11.1. The summed E-state index contributed by atoms with van der Waals surface area (Å²) < 4.78 is 14.2. The molecule has 0 N–H and O–H groups in total. The van der Waals surface area contributed by atoms with Crippen molar-refractivity contribution in [2.24, 2.45) is 0 Å². The summed E-state index contributed by atoms with van der Waals surface area (Å²) in [7, 11) is 0. The van der Waals surface area contributed by atoms with Crippen LogP contribution in [0.2, 0.25) is 0 Å². The lowest BCUT2D eigenvalue weighted by atomic mass is 10.1. The quantitative estimate of drug-likeness (QED) is 0.610. The highest BCUT2D eigenvalue weighted by atomic mass is 32.1. The lowest BCUT2D eigenvalue weighted by Gasteiger charge is -2.01. The van der Waals surface area contributed by atoms with Gasteiger partial charge < -0.3 is 0 Å². The van der Waals surface area contributed by atoms with Gasteiger partial charge in [0, 0.05) is 15.1 Å². The number of aryl methyl sites for hydroxylation is 1. The van der Waals surface area contributed by atoms with E-state index in [1.54, 1.807) is 17.4 Å². The number of fused-ring (bicyclic) bond motifs is 1. The van der Waals surface area contributed by atoms with Crippen molar-refractivity contribution in [2.45, 2.75) is 6.92 Å². The van der Waals surface area contributed by atoms with Crippen LogP contribution in [-0.2, 0) is 0 Å². The van der Waals surface area contributed by atoms with Gasteiger partial charge in [-0.1, -0.05) is 6.07 Å². The Balaban J connectivity index is 2.18. The molecule has 0 atom stereocenters. The van der Waals surface area contributed by atoms with Crippen molar-refractivity contribution >= 4 is 27.7 Å². The minimum Gasteiger partial charge on any atom is -0.298 e. The van der Waals surface area contributed by atoms with E-state index in [4.69, 9.17) is 0 Å². The third kappa shape index (κ3) is 2.29. The van der Waals surface area contributed by atoms with Gasteiger partial charge in [-0.15, -0.1) is 11.3 Å². The van der Waals surface area contributed by atoms with E-state index in [1.807, 2.05) is 31.2 Å². The summed E-state index contributed by atoms with van der Waals surface area (Å²) in [5.41, 5.74) is 2.71. The Labute approximate surface area is 114 Å². The normalized spacial score (nSPS) is 10.8. The molecule has 0 bridgehead atoms. The molecule has 0 saturated carbocycles. The number of carbonyl (C=O) groups is 1. The molecule has 94 valence electrons. The van der Waals surface area contributed by atoms with Gasteiger partial charge >= 0.3 is 0 Å². The molecule has 3 rings (SSSR count). The standard InChI is InChI=1S/C16H11FOS/c1-10-4-11(9-18)6-12(5-10)16-8-13-7-14(17)2-3-15(13)19-16/h2-9H,1H3. The van der Waals surface area contributed by atoms with Gasteiger partial charge in [0.2, 0.25) is 0 Å². The molecule has 0 saturated heterocycles. The summed E-state index contributed by atoms with van der Waals surface area (Å²) in [6.07, 6.45) is 0.851. The smallest absolute Gasteiger partial charge is 0.150 e. The van der Waals surface area contributed by atoms with Crippen molar-refractivity contribution in [3.63, 3.8) is 0 Å². The molecule has 0 aliphatic heterocycles. The lowest BCUT2D eigenvalue weighted by Crippen LogP contribution is -1.83. The van der Waals surface area contributed by atoms with E-state index >= 15 is 0 Å². The number of aldehydes is 1. The number of halogens is 1. The predicted octanol–water partition coefficient (Wildman–Crippen LogP) is 4.83. The molecule has 0 amide bonds. The Kier molecular flexibility index (Phi) is 2.91. The Morgan fingerprint density at radius 1 is 1.11 bits per heavy atom. The van der Waals surface area contributed by atoms with Crippen molar-refractivity contribution < 1.29 is 9.18 Å². The van der Waals surface area contributed by atoms with Crippen LogP contribution in [0, 0.1) is 12.7 Å². The molecule has 0 unspecified atom stereocenters. The van der Waals surface area contributed by atoms with E-state index in [9.17, 15) is 9.18 Å². The van der Waals surface area contributed by atoms with E-state index in [-0.39, 0.29) is 5.82 Å². The van der Waals surface area contributed by atoms with Crippen molar-refractivity contribution in [1.82, 2.24) is 0 Å². The molecule has 0 radical (unpaired) electrons. The molecule has 0 aliphatic carbocycles. The Morgan fingerprint density at radius 3 is 2.74 bits per heavy atom. The third-order valence-corrected chi connectivity index (χ3v) is 4.16. The number of carbonyl (C=O) groups excluding carboxylic acids is 1. The fraction of sp³-hybridized carbons (Fsp3) is 0.0625. The average Bonchev–Trinajstić information content (AvgIpc) is 2.80. The van der Waals surface area contributed by atoms with Crippen LogP contribution in [0.15, 0.2) is 42.5 Å². The van der Waals surface area contributed by atoms with Gasteiger partial charge in [0.1, 0.15) is 12.1 Å². The lowest BCUT2D eigenvalue weighted by molar-refractivity contribution is 0.112. The summed E-state index contributed by atoms with van der Waals surface area (Å²) >= 11 is 1.60. The Bertz CT molecular complexity index is 774. The first-order valence-electron chi connectivity index (χ1n) is 5.92. The molecule has 3 heteroatoms. The van der Waals surface area contributed by atoms with Gasteiger partial charge in [-0.3, -0.25) is 4.79 Å². The van der Waals surface area contributed by atoms with Crippen LogP contribution < -0.4 is 0 Å². The second kappa shape index (κ2) is 4.59. The van der Waals surface area contributed by atoms with Crippen LogP contribution >= 0.6 is 11.3 Å². The molecular formula is C16H11FOS. The highest BCUT2D eigenvalue weighted by molar-refractivity contribution is 7.22. The fourth-order valence-corrected chi connectivity index (χ4v) is 3.21. The minimum absolute atomic E-state index is 0.227. The molecule has 0 spiro atoms. The van der Waals surface area contributed by atoms with E-state index in [0.717, 1.165) is 32.4 Å². The first kappa shape index (κ1) is 12.1. The van der Waals surface area contributed by atoms with E-state index in [1.165, 1.54) is 12.1 Å². The van der Waals surface area contributed by atoms with E-state index in [2.05, 4.69) is 0 Å². The summed E-state index contributed by atoms with van der Waals surface area (Å²) in [4.78, 5) is 12.0. The Hall–Kier alpha value is -2.00. The number of benzene rings is 2. The van der Waals surface area contributed by atoms with Gasteiger partial charge in [0.15, 0.2) is 0 Å². The fourth-order valence-electron chi connectivity index (χ4n) is 2.18. The van der Waals surface area contributed by atoms with Crippen molar-refractivity contribution in [3.8, 4) is 10.4 Å². The highest BCUT2D eigenvalue weighted by Crippen LogP contribution is 2.34. The first-order valence-corrected chi connectivity index (χ1v) is 6.74. The van der Waals surface area contributed by atoms with Gasteiger partial charge in [0.25, 0.3) is 0 Å². The first-order chi connectivity index (χ1) is 9.15. The van der Waals surface area contributed by atoms with E-state index < -0.39 is 0 Å². The van der Waals surface area contributed by atoms with Crippen LogP contribution in [0.3, 0.4) is 0 Å². The Morgan fingerprint density at radius 2 is 1.95 bits per heavy atom. The van der Waals surface area contributed by atoms with Gasteiger partial charge in [-0.25, -0.2) is 4.39 Å². The van der Waals surface area contributed by atoms with Crippen LogP contribution in [0.25, 0.3) is 20.5 Å². The zero-order valence-electron chi connectivity index (χ0n) is 10.3. The van der Waals surface area contributed by atoms with Crippen LogP contribution in [0.4, 0.5) is 4.39 Å². The second-order valence-electron chi connectivity index (χ2n) is 4.54. The molecule has 19 heavy (non-hydrogen) atoms. The zero-order chi connectivity index (χ0) is 13.4. The van der Waals surface area contributed by atoms with Crippen LogP contribution in [0.5, 0.6) is 0 Å². The van der Waals surface area contributed by atoms with Crippen LogP contribution in [-0.4, -0.2) is 6.29 Å². The summed E-state index contributed by atoms with van der Waals surface area (Å²) in [5.74, 6) is -0.227. The van der Waals surface area contributed by atoms with Gasteiger partial charge in [0.05, 0.1) is 0 Å². The molecule has 3 aromatic rings. The molecular weight excluding hydrogens is 259 g/mol. The van der Waals surface area contributed by atoms with Crippen molar-refractivity contribution in [3.05, 3.63) is 59.4 Å². The molecule has 0 aliphatic rings. The summed E-state index contributed by atoms with van der Waals surface area (Å²) in [6.45, 7) is 1.96. The SMILES string of the molecule is Cc1cc(C=O)cc(-c2cc3cc(F)ccc3s2)c1. The molecule has 1 heterocycles. The van der Waals surface area contributed by atoms with Crippen molar-refractivity contribution in [2.75, 3.05) is 0 Å². The molecule has 0 fully saturated rings. The second-order valence-corrected chi connectivity index (χ2v) is 5.63. The number of hydrogen-bond donors (Lipinski definition) is 0. The van der Waals surface area contributed by atoms with Gasteiger partial charge in [-0.2, -0.15) is 0 Å². The largest absolute Gasteiger partial charge is 0.298 e. The minimum atomic E-state index is -0.227. The topological polar surface area (TPSA) is 17.1 Å². The summed E-state index contributed by atoms with van der Waals surface area (Å²) in [5, 5.41) is 0.897. The molecule has 1 aromatic heterocycles. The monoisotopic (exact) mass is 270 g/mol. The van der Waals surface area contributed by atoms with Gasteiger partial charge in [-0.05, 0) is 59.8 Å². The van der Waals surface area contributed by atoms with Crippen LogP contribution in [0.1, 0.15) is 15.9 Å². The number of rotatable bonds is 2. The maximum Gasteiger partial charge on any atom is 0.150 e. The number of hydrogen-bond acceptors (Lipinski definition) is 2. The maximum atomic E-state index is 13.2. The highest BCUT2D eigenvalue weighted by Gasteiger charge is 2.07. The molecule has 1 nitrogen and oxygen atoms in total. The van der Waals surface area contributed by atoms with Crippen molar-refractivity contribution in [1.29, 1.82) is 0 Å². The van der Waals surface area contributed by atoms with E-state index in [0.29, 0.717) is 5.56 Å². The third-order valence-electron chi connectivity index (χ3n) is 3.00. The molecule has 2 aromatic carbocycles. The summed E-state index contributed by atoms with van der Waals surface area (Å²) in [6, 6.07) is 12.5.